The lowest BCUT2D eigenvalue weighted by Gasteiger charge is -2.20. The van der Waals surface area contributed by atoms with Crippen molar-refractivity contribution >= 4 is 17.4 Å². The van der Waals surface area contributed by atoms with Gasteiger partial charge in [0, 0.05) is 22.9 Å². The highest BCUT2D eigenvalue weighted by Gasteiger charge is 2.22. The summed E-state index contributed by atoms with van der Waals surface area (Å²) in [6.45, 7) is 0. The Labute approximate surface area is 106 Å². The van der Waals surface area contributed by atoms with Gasteiger partial charge in [0.1, 0.15) is 11.6 Å². The van der Waals surface area contributed by atoms with Gasteiger partial charge in [-0.1, -0.05) is 36.9 Å². The van der Waals surface area contributed by atoms with Gasteiger partial charge in [0.2, 0.25) is 0 Å². The van der Waals surface area contributed by atoms with Crippen LogP contribution in [-0.2, 0) is 11.2 Å². The number of hydrogen-bond donors (Lipinski definition) is 0. The van der Waals surface area contributed by atoms with E-state index in [9.17, 15) is 9.18 Å². The van der Waals surface area contributed by atoms with Crippen LogP contribution < -0.4 is 0 Å². The maximum atomic E-state index is 13.5. The highest BCUT2D eigenvalue weighted by atomic mass is 35.5. The minimum absolute atomic E-state index is 0.111. The molecule has 1 fully saturated rings. The zero-order chi connectivity index (χ0) is 12.3. The number of carbonyl (C=O) groups is 1. The second-order valence-electron chi connectivity index (χ2n) is 4.68. The zero-order valence-corrected chi connectivity index (χ0v) is 10.5. The normalized spacial score (nSPS) is 17.1. The molecule has 0 spiro atoms. The first-order valence-electron chi connectivity index (χ1n) is 6.14. The molecule has 1 aliphatic rings. The van der Waals surface area contributed by atoms with Crippen molar-refractivity contribution in [2.75, 3.05) is 0 Å². The average molecular weight is 255 g/mol. The molecule has 0 bridgehead atoms. The third-order valence-electron chi connectivity index (χ3n) is 3.47. The Hall–Kier alpha value is -0.890. The summed E-state index contributed by atoms with van der Waals surface area (Å²) in [7, 11) is 0. The Morgan fingerprint density at radius 1 is 1.29 bits per heavy atom. The molecule has 0 heterocycles. The van der Waals surface area contributed by atoms with E-state index >= 15 is 0 Å². The van der Waals surface area contributed by atoms with Crippen LogP contribution in [0.15, 0.2) is 18.2 Å². The maximum absolute atomic E-state index is 13.5. The van der Waals surface area contributed by atoms with Crippen LogP contribution in [0.3, 0.4) is 0 Å². The van der Waals surface area contributed by atoms with Gasteiger partial charge in [0.05, 0.1) is 0 Å². The molecule has 92 valence electrons. The molecule has 0 atom stereocenters. The van der Waals surface area contributed by atoms with E-state index < -0.39 is 0 Å². The molecule has 2 rings (SSSR count). The molecule has 0 unspecified atom stereocenters. The minimum Gasteiger partial charge on any atom is -0.299 e. The highest BCUT2D eigenvalue weighted by Crippen LogP contribution is 2.27. The van der Waals surface area contributed by atoms with Crippen molar-refractivity contribution in [3.8, 4) is 0 Å². The molecule has 17 heavy (non-hydrogen) atoms. The van der Waals surface area contributed by atoms with Gasteiger partial charge < -0.3 is 0 Å². The van der Waals surface area contributed by atoms with Gasteiger partial charge in [-0.2, -0.15) is 0 Å². The molecule has 0 amide bonds. The fourth-order valence-corrected chi connectivity index (χ4v) is 2.67. The number of hydrogen-bond acceptors (Lipinski definition) is 1. The first-order valence-corrected chi connectivity index (χ1v) is 6.52. The van der Waals surface area contributed by atoms with E-state index in [1.54, 1.807) is 12.1 Å². The van der Waals surface area contributed by atoms with Crippen molar-refractivity contribution in [1.82, 2.24) is 0 Å². The van der Waals surface area contributed by atoms with Crippen molar-refractivity contribution < 1.29 is 9.18 Å². The van der Waals surface area contributed by atoms with Crippen molar-refractivity contribution in [2.45, 2.75) is 38.5 Å². The molecule has 1 aromatic carbocycles. The molecule has 1 aliphatic carbocycles. The molecule has 0 saturated heterocycles. The van der Waals surface area contributed by atoms with Crippen LogP contribution in [0.4, 0.5) is 4.39 Å². The first kappa shape index (κ1) is 12.6. The molecule has 3 heteroatoms. The highest BCUT2D eigenvalue weighted by molar-refractivity contribution is 6.31. The van der Waals surface area contributed by atoms with E-state index in [2.05, 4.69) is 0 Å². The minimum atomic E-state index is -0.373. The summed E-state index contributed by atoms with van der Waals surface area (Å²) < 4.78 is 13.5. The Bertz CT molecular complexity index is 390. The van der Waals surface area contributed by atoms with Gasteiger partial charge in [-0.3, -0.25) is 4.79 Å². The molecule has 0 N–H and O–H groups in total. The second-order valence-corrected chi connectivity index (χ2v) is 5.09. The largest absolute Gasteiger partial charge is 0.299 e. The lowest BCUT2D eigenvalue weighted by Crippen LogP contribution is -2.20. The topological polar surface area (TPSA) is 17.1 Å². The lowest BCUT2D eigenvalue weighted by atomic mass is 9.84. The predicted molar refractivity (Wildman–Crippen MR) is 66.7 cm³/mol. The third kappa shape index (κ3) is 3.06. The third-order valence-corrected chi connectivity index (χ3v) is 3.83. The smallest absolute Gasteiger partial charge is 0.140 e. The molecule has 0 aromatic heterocycles. The van der Waals surface area contributed by atoms with E-state index in [1.165, 1.54) is 12.5 Å². The number of carbonyl (C=O) groups excluding carboxylic acids is 1. The van der Waals surface area contributed by atoms with Crippen molar-refractivity contribution in [3.05, 3.63) is 34.6 Å². The van der Waals surface area contributed by atoms with Crippen molar-refractivity contribution in [3.63, 3.8) is 0 Å². The number of halogens is 2. The molecule has 0 radical (unpaired) electrons. The second kappa shape index (κ2) is 5.63. The van der Waals surface area contributed by atoms with Crippen molar-refractivity contribution in [2.24, 2.45) is 5.92 Å². The van der Waals surface area contributed by atoms with Crippen LogP contribution in [0.2, 0.25) is 5.02 Å². The summed E-state index contributed by atoms with van der Waals surface area (Å²) in [5.41, 5.74) is 0.352. The maximum Gasteiger partial charge on any atom is 0.140 e. The molecule has 1 aromatic rings. The van der Waals surface area contributed by atoms with Crippen LogP contribution in [0.25, 0.3) is 0 Å². The van der Waals surface area contributed by atoms with E-state index in [0.717, 1.165) is 25.7 Å². The summed E-state index contributed by atoms with van der Waals surface area (Å²) in [6.07, 6.45) is 5.47. The molecule has 1 nitrogen and oxygen atoms in total. The van der Waals surface area contributed by atoms with Gasteiger partial charge in [0.15, 0.2) is 0 Å². The van der Waals surface area contributed by atoms with Gasteiger partial charge in [-0.05, 0) is 25.0 Å². The van der Waals surface area contributed by atoms with Gasteiger partial charge in [0.25, 0.3) is 0 Å². The lowest BCUT2D eigenvalue weighted by molar-refractivity contribution is -0.123. The predicted octanol–water partition coefficient (Wildman–Crippen LogP) is 4.17. The summed E-state index contributed by atoms with van der Waals surface area (Å²) in [4.78, 5) is 12.0. The number of rotatable bonds is 3. The Balaban J connectivity index is 2.07. The van der Waals surface area contributed by atoms with E-state index in [0.29, 0.717) is 10.6 Å². The summed E-state index contributed by atoms with van der Waals surface area (Å²) in [5, 5.41) is 0.356. The van der Waals surface area contributed by atoms with Crippen molar-refractivity contribution in [1.29, 1.82) is 0 Å². The average Bonchev–Trinajstić information content (AvgIpc) is 2.35. The van der Waals surface area contributed by atoms with Crippen LogP contribution >= 0.6 is 11.6 Å². The SMILES string of the molecule is O=C(Cc1c(F)cccc1Cl)C1CCCCC1. The monoisotopic (exact) mass is 254 g/mol. The molecular weight excluding hydrogens is 239 g/mol. The fraction of sp³-hybridized carbons (Fsp3) is 0.500. The van der Waals surface area contributed by atoms with Gasteiger partial charge in [-0.15, -0.1) is 0 Å². The number of benzene rings is 1. The fourth-order valence-electron chi connectivity index (χ4n) is 2.44. The van der Waals surface area contributed by atoms with Gasteiger partial charge in [-0.25, -0.2) is 4.39 Å². The Kier molecular flexibility index (Phi) is 4.16. The number of Topliss-reactive ketones (excluding diaryl/α,β-unsaturated/α-hetero) is 1. The van der Waals surface area contributed by atoms with Gasteiger partial charge >= 0.3 is 0 Å². The summed E-state index contributed by atoms with van der Waals surface area (Å²) >= 11 is 5.92. The van der Waals surface area contributed by atoms with Crippen LogP contribution in [-0.4, -0.2) is 5.78 Å². The van der Waals surface area contributed by atoms with E-state index in [1.807, 2.05) is 0 Å². The van der Waals surface area contributed by atoms with Crippen LogP contribution in [0.5, 0.6) is 0 Å². The molecule has 0 aliphatic heterocycles. The Morgan fingerprint density at radius 3 is 2.65 bits per heavy atom. The van der Waals surface area contributed by atoms with Crippen LogP contribution in [0, 0.1) is 11.7 Å². The van der Waals surface area contributed by atoms with Crippen LogP contribution in [0.1, 0.15) is 37.7 Å². The number of ketones is 1. The standard InChI is InChI=1S/C14H16ClFO/c15-12-7-4-8-13(16)11(12)9-14(17)10-5-2-1-3-6-10/h4,7-8,10H,1-3,5-6,9H2. The van der Waals surface area contributed by atoms with E-state index in [-0.39, 0.29) is 23.9 Å². The summed E-state index contributed by atoms with van der Waals surface area (Å²) in [5.74, 6) is -0.127. The Morgan fingerprint density at radius 2 is 2.00 bits per heavy atom. The first-order chi connectivity index (χ1) is 8.18. The quantitative estimate of drug-likeness (QED) is 0.791. The molecule has 1 saturated carbocycles. The molecular formula is C14H16ClFO. The zero-order valence-electron chi connectivity index (χ0n) is 9.72. The summed E-state index contributed by atoms with van der Waals surface area (Å²) in [6, 6.07) is 4.55. The van der Waals surface area contributed by atoms with E-state index in [4.69, 9.17) is 11.6 Å².